The van der Waals surface area contributed by atoms with Gasteiger partial charge in [-0.15, -0.1) is 0 Å². The van der Waals surface area contributed by atoms with Crippen LogP contribution in [0.5, 0.6) is 5.75 Å². The van der Waals surface area contributed by atoms with Gasteiger partial charge >= 0.3 is 0 Å². The van der Waals surface area contributed by atoms with Crippen molar-refractivity contribution in [2.45, 2.75) is 32.2 Å². The summed E-state index contributed by atoms with van der Waals surface area (Å²) in [5.41, 5.74) is 6.80. The number of hydrogen-bond donors (Lipinski definition) is 3. The summed E-state index contributed by atoms with van der Waals surface area (Å²) < 4.78 is 5.27. The maximum atomic E-state index is 5.47. The minimum absolute atomic E-state index is 0.800. The molecule has 0 aliphatic heterocycles. The van der Waals surface area contributed by atoms with Crippen molar-refractivity contribution in [1.29, 1.82) is 0 Å². The van der Waals surface area contributed by atoms with Gasteiger partial charge in [-0.3, -0.25) is 0 Å². The number of benzene rings is 2. The molecule has 0 amide bonds. The molecule has 0 radical (unpaired) electrons. The summed E-state index contributed by atoms with van der Waals surface area (Å²) in [6.07, 6.45) is 4.72. The van der Waals surface area contributed by atoms with E-state index >= 15 is 0 Å². The first kappa shape index (κ1) is 18.7. The Kier molecular flexibility index (Phi) is 8.60. The maximum Gasteiger partial charge on any atom is 0.119 e. The fourth-order valence-electron chi connectivity index (χ4n) is 2.76. The Balaban J connectivity index is 1.61. The van der Waals surface area contributed by atoms with Gasteiger partial charge in [-0.05, 0) is 86.4 Å². The van der Waals surface area contributed by atoms with Gasteiger partial charge in [0.15, 0.2) is 0 Å². The van der Waals surface area contributed by atoms with E-state index in [2.05, 4.69) is 41.0 Å². The van der Waals surface area contributed by atoms with Gasteiger partial charge in [0.05, 0.1) is 7.11 Å². The van der Waals surface area contributed by atoms with Gasteiger partial charge in [-0.25, -0.2) is 0 Å². The third-order valence-corrected chi connectivity index (χ3v) is 4.21. The van der Waals surface area contributed by atoms with Gasteiger partial charge in [0, 0.05) is 6.54 Å². The molecule has 2 aromatic rings. The summed E-state index contributed by atoms with van der Waals surface area (Å²) in [4.78, 5) is 0. The summed E-state index contributed by atoms with van der Waals surface area (Å²) in [5, 5.41) is 9.48. The standard InChI is InChI=1S/C20H31N3O/c1-24-20-9-8-18-14-17(6-7-19(18)15-20)16-23-13-5-4-12-22-11-3-2-10-21/h6-9,14-15,22-23H,2-5,10-13,16,21H2,1H3. The van der Waals surface area contributed by atoms with Crippen molar-refractivity contribution in [2.24, 2.45) is 5.73 Å². The number of unbranched alkanes of at least 4 members (excludes halogenated alkanes) is 2. The predicted octanol–water partition coefficient (Wildman–Crippen LogP) is 3.05. The van der Waals surface area contributed by atoms with Crippen LogP contribution < -0.4 is 21.1 Å². The Labute approximate surface area is 145 Å². The van der Waals surface area contributed by atoms with Crippen LogP contribution in [0, 0.1) is 0 Å². The van der Waals surface area contributed by atoms with E-state index in [-0.39, 0.29) is 0 Å². The van der Waals surface area contributed by atoms with Gasteiger partial charge in [-0.1, -0.05) is 18.2 Å². The van der Waals surface area contributed by atoms with E-state index < -0.39 is 0 Å². The topological polar surface area (TPSA) is 59.3 Å². The minimum Gasteiger partial charge on any atom is -0.497 e. The number of ether oxygens (including phenoxy) is 1. The predicted molar refractivity (Wildman–Crippen MR) is 103 cm³/mol. The molecule has 0 unspecified atom stereocenters. The Bertz CT molecular complexity index is 600. The molecule has 0 saturated carbocycles. The molecule has 24 heavy (non-hydrogen) atoms. The molecule has 0 aliphatic rings. The van der Waals surface area contributed by atoms with Gasteiger partial charge in [0.2, 0.25) is 0 Å². The van der Waals surface area contributed by atoms with E-state index in [1.165, 1.54) is 35.6 Å². The zero-order chi connectivity index (χ0) is 17.0. The number of hydrogen-bond acceptors (Lipinski definition) is 4. The van der Waals surface area contributed by atoms with Crippen LogP contribution in [0.25, 0.3) is 10.8 Å². The molecule has 0 spiro atoms. The lowest BCUT2D eigenvalue weighted by atomic mass is 10.1. The zero-order valence-corrected chi connectivity index (χ0v) is 14.8. The van der Waals surface area contributed by atoms with Crippen LogP contribution in [0.3, 0.4) is 0 Å². The number of rotatable bonds is 12. The Morgan fingerprint density at radius 1 is 0.833 bits per heavy atom. The highest BCUT2D eigenvalue weighted by Gasteiger charge is 1.99. The highest BCUT2D eigenvalue weighted by molar-refractivity contribution is 5.84. The minimum atomic E-state index is 0.800. The third-order valence-electron chi connectivity index (χ3n) is 4.21. The van der Waals surface area contributed by atoms with Crippen LogP contribution >= 0.6 is 0 Å². The second-order valence-electron chi connectivity index (χ2n) is 6.18. The first-order valence-corrected chi connectivity index (χ1v) is 9.01. The van der Waals surface area contributed by atoms with Crippen molar-refractivity contribution >= 4 is 10.8 Å². The number of methoxy groups -OCH3 is 1. The Morgan fingerprint density at radius 2 is 1.50 bits per heavy atom. The van der Waals surface area contributed by atoms with Crippen molar-refractivity contribution < 1.29 is 4.74 Å². The second kappa shape index (κ2) is 11.0. The summed E-state index contributed by atoms with van der Waals surface area (Å²) in [5.74, 6) is 0.907. The van der Waals surface area contributed by atoms with Crippen molar-refractivity contribution in [3.63, 3.8) is 0 Å². The molecule has 0 atom stereocenters. The van der Waals surface area contributed by atoms with E-state index in [1.807, 2.05) is 6.07 Å². The quantitative estimate of drug-likeness (QED) is 0.524. The molecule has 4 heteroatoms. The molecule has 0 aliphatic carbocycles. The van der Waals surface area contributed by atoms with Gasteiger partial charge in [0.1, 0.15) is 5.75 Å². The van der Waals surface area contributed by atoms with Crippen molar-refractivity contribution in [2.75, 3.05) is 33.3 Å². The Hall–Kier alpha value is -1.62. The lowest BCUT2D eigenvalue weighted by Crippen LogP contribution is -2.20. The molecule has 132 valence electrons. The lowest BCUT2D eigenvalue weighted by molar-refractivity contribution is 0.415. The molecule has 0 bridgehead atoms. The monoisotopic (exact) mass is 329 g/mol. The van der Waals surface area contributed by atoms with Crippen LogP contribution in [-0.4, -0.2) is 33.3 Å². The molecule has 0 aromatic heterocycles. The number of nitrogens with two attached hydrogens (primary N) is 1. The van der Waals surface area contributed by atoms with Crippen molar-refractivity contribution in [3.05, 3.63) is 42.0 Å². The van der Waals surface area contributed by atoms with Gasteiger partial charge < -0.3 is 21.1 Å². The molecule has 4 nitrogen and oxygen atoms in total. The van der Waals surface area contributed by atoms with Crippen molar-refractivity contribution in [3.8, 4) is 5.75 Å². The van der Waals surface area contributed by atoms with Gasteiger partial charge in [-0.2, -0.15) is 0 Å². The van der Waals surface area contributed by atoms with Crippen LogP contribution in [0.2, 0.25) is 0 Å². The Morgan fingerprint density at radius 3 is 2.25 bits per heavy atom. The lowest BCUT2D eigenvalue weighted by Gasteiger charge is -2.08. The summed E-state index contributed by atoms with van der Waals surface area (Å²) in [7, 11) is 1.70. The highest BCUT2D eigenvalue weighted by atomic mass is 16.5. The molecule has 0 saturated heterocycles. The summed E-state index contributed by atoms with van der Waals surface area (Å²) in [6, 6.07) is 12.8. The van der Waals surface area contributed by atoms with Crippen LogP contribution in [0.4, 0.5) is 0 Å². The zero-order valence-electron chi connectivity index (χ0n) is 14.8. The molecule has 0 fully saturated rings. The van der Waals surface area contributed by atoms with E-state index in [4.69, 9.17) is 10.5 Å². The van der Waals surface area contributed by atoms with E-state index in [0.29, 0.717) is 0 Å². The first-order chi connectivity index (χ1) is 11.8. The van der Waals surface area contributed by atoms with Crippen molar-refractivity contribution in [1.82, 2.24) is 10.6 Å². The average Bonchev–Trinajstić information content (AvgIpc) is 2.62. The molecule has 0 heterocycles. The van der Waals surface area contributed by atoms with Crippen LogP contribution in [-0.2, 0) is 6.54 Å². The van der Waals surface area contributed by atoms with Gasteiger partial charge in [0.25, 0.3) is 0 Å². The average molecular weight is 329 g/mol. The van der Waals surface area contributed by atoms with Crippen LogP contribution in [0.1, 0.15) is 31.2 Å². The third kappa shape index (κ3) is 6.48. The molecule has 4 N–H and O–H groups in total. The first-order valence-electron chi connectivity index (χ1n) is 9.01. The van der Waals surface area contributed by atoms with E-state index in [1.54, 1.807) is 7.11 Å². The van der Waals surface area contributed by atoms with E-state index in [0.717, 1.165) is 44.9 Å². The fraction of sp³-hybridized carbons (Fsp3) is 0.500. The largest absolute Gasteiger partial charge is 0.497 e. The van der Waals surface area contributed by atoms with Crippen LogP contribution in [0.15, 0.2) is 36.4 Å². The number of nitrogens with one attached hydrogen (secondary N) is 2. The number of fused-ring (bicyclic) bond motifs is 1. The smallest absolute Gasteiger partial charge is 0.119 e. The SMILES string of the molecule is COc1ccc2cc(CNCCCCNCCCCN)ccc2c1. The highest BCUT2D eigenvalue weighted by Crippen LogP contribution is 2.21. The maximum absolute atomic E-state index is 5.47. The molecule has 2 rings (SSSR count). The molecular weight excluding hydrogens is 298 g/mol. The molecule has 2 aromatic carbocycles. The second-order valence-corrected chi connectivity index (χ2v) is 6.18. The normalized spacial score (nSPS) is 11.1. The summed E-state index contributed by atoms with van der Waals surface area (Å²) >= 11 is 0. The van der Waals surface area contributed by atoms with E-state index in [9.17, 15) is 0 Å². The fourth-order valence-corrected chi connectivity index (χ4v) is 2.76. The summed E-state index contributed by atoms with van der Waals surface area (Å²) in [6.45, 7) is 4.97. The molecular formula is C20H31N3O.